The molecule has 4 rings (SSSR count). The predicted octanol–water partition coefficient (Wildman–Crippen LogP) is 4.17. The lowest BCUT2D eigenvalue weighted by molar-refractivity contribution is 0.0929. The Labute approximate surface area is 154 Å². The standard InChI is InChI=1S/C22H25NO3/c24-14-6-8-16-7-5-13-23(16)22(25)26-15-21-19-11-3-1-9-17(19)18-10-2-4-12-20(18)21/h1-4,9-12,16,21,24H,5-8,13-15H2/t16-/m0/s1. The second kappa shape index (κ2) is 7.50. The molecular formula is C22H25NO3. The number of aliphatic hydroxyl groups is 1. The van der Waals surface area contributed by atoms with Crippen LogP contribution in [0.25, 0.3) is 11.1 Å². The van der Waals surface area contributed by atoms with Gasteiger partial charge in [0, 0.05) is 25.1 Å². The van der Waals surface area contributed by atoms with Gasteiger partial charge in [-0.05, 0) is 47.9 Å². The van der Waals surface area contributed by atoms with Crippen molar-refractivity contribution < 1.29 is 14.6 Å². The van der Waals surface area contributed by atoms with Crippen LogP contribution in [0.5, 0.6) is 0 Å². The number of hydrogen-bond donors (Lipinski definition) is 1. The van der Waals surface area contributed by atoms with Crippen molar-refractivity contribution in [3.05, 3.63) is 59.7 Å². The lowest BCUT2D eigenvalue weighted by atomic mass is 9.98. The van der Waals surface area contributed by atoms with E-state index in [9.17, 15) is 4.79 Å². The number of carbonyl (C=O) groups excluding carboxylic acids is 1. The number of carbonyl (C=O) groups is 1. The maximum absolute atomic E-state index is 12.6. The molecular weight excluding hydrogens is 326 g/mol. The Balaban J connectivity index is 1.47. The van der Waals surface area contributed by atoms with Gasteiger partial charge in [0.25, 0.3) is 0 Å². The number of amides is 1. The van der Waals surface area contributed by atoms with E-state index in [1.807, 2.05) is 17.0 Å². The van der Waals surface area contributed by atoms with E-state index in [0.29, 0.717) is 6.61 Å². The van der Waals surface area contributed by atoms with E-state index in [0.717, 1.165) is 32.2 Å². The topological polar surface area (TPSA) is 49.8 Å². The number of fused-ring (bicyclic) bond motifs is 3. The van der Waals surface area contributed by atoms with Gasteiger partial charge in [-0.15, -0.1) is 0 Å². The van der Waals surface area contributed by atoms with E-state index in [2.05, 4.69) is 36.4 Å². The summed E-state index contributed by atoms with van der Waals surface area (Å²) in [7, 11) is 0. The summed E-state index contributed by atoms with van der Waals surface area (Å²) < 4.78 is 5.76. The summed E-state index contributed by atoms with van der Waals surface area (Å²) in [5.41, 5.74) is 4.96. The number of ether oxygens (including phenoxy) is 1. The van der Waals surface area contributed by atoms with Crippen molar-refractivity contribution >= 4 is 6.09 Å². The molecule has 1 saturated heterocycles. The van der Waals surface area contributed by atoms with Crippen LogP contribution in [0.1, 0.15) is 42.7 Å². The van der Waals surface area contributed by atoms with Gasteiger partial charge in [-0.3, -0.25) is 0 Å². The van der Waals surface area contributed by atoms with Crippen LogP contribution in [-0.4, -0.2) is 41.9 Å². The summed E-state index contributed by atoms with van der Waals surface area (Å²) in [6.07, 6.45) is 3.38. The molecule has 0 bridgehead atoms. The van der Waals surface area contributed by atoms with Gasteiger partial charge in [-0.2, -0.15) is 0 Å². The summed E-state index contributed by atoms with van der Waals surface area (Å²) in [6.45, 7) is 1.30. The molecule has 1 heterocycles. The van der Waals surface area contributed by atoms with Crippen LogP contribution >= 0.6 is 0 Å². The van der Waals surface area contributed by atoms with Gasteiger partial charge in [0.2, 0.25) is 0 Å². The number of benzene rings is 2. The fourth-order valence-corrected chi connectivity index (χ4v) is 4.38. The molecule has 0 radical (unpaired) electrons. The van der Waals surface area contributed by atoms with Gasteiger partial charge in [0.1, 0.15) is 6.61 Å². The lowest BCUT2D eigenvalue weighted by Gasteiger charge is -2.25. The van der Waals surface area contributed by atoms with Gasteiger partial charge in [0.05, 0.1) is 0 Å². The maximum Gasteiger partial charge on any atom is 0.410 e. The highest BCUT2D eigenvalue weighted by molar-refractivity contribution is 5.79. The highest BCUT2D eigenvalue weighted by Crippen LogP contribution is 2.44. The first-order valence-corrected chi connectivity index (χ1v) is 9.52. The van der Waals surface area contributed by atoms with Crippen molar-refractivity contribution in [1.29, 1.82) is 0 Å². The zero-order chi connectivity index (χ0) is 17.9. The quantitative estimate of drug-likeness (QED) is 0.879. The Hall–Kier alpha value is -2.33. The summed E-state index contributed by atoms with van der Waals surface area (Å²) >= 11 is 0. The van der Waals surface area contributed by atoms with Gasteiger partial charge >= 0.3 is 6.09 Å². The van der Waals surface area contributed by atoms with E-state index >= 15 is 0 Å². The fourth-order valence-electron chi connectivity index (χ4n) is 4.38. The second-order valence-corrected chi connectivity index (χ2v) is 7.16. The zero-order valence-electron chi connectivity index (χ0n) is 14.9. The number of hydrogen-bond acceptors (Lipinski definition) is 3. The Morgan fingerprint density at radius 1 is 1.08 bits per heavy atom. The first kappa shape index (κ1) is 17.1. The van der Waals surface area contributed by atoms with Crippen LogP contribution in [-0.2, 0) is 4.74 Å². The van der Waals surface area contributed by atoms with Crippen molar-refractivity contribution in [2.24, 2.45) is 0 Å². The van der Waals surface area contributed by atoms with Crippen LogP contribution in [0, 0.1) is 0 Å². The van der Waals surface area contributed by atoms with Crippen LogP contribution in [0.2, 0.25) is 0 Å². The summed E-state index contributed by atoms with van der Waals surface area (Å²) in [5, 5.41) is 9.05. The third-order valence-electron chi connectivity index (χ3n) is 5.64. The molecule has 26 heavy (non-hydrogen) atoms. The number of rotatable bonds is 5. The minimum atomic E-state index is -0.215. The van der Waals surface area contributed by atoms with Crippen LogP contribution in [0.4, 0.5) is 4.79 Å². The summed E-state index contributed by atoms with van der Waals surface area (Å²) in [4.78, 5) is 14.5. The molecule has 2 aromatic carbocycles. The number of nitrogens with zero attached hydrogens (tertiary/aromatic N) is 1. The van der Waals surface area contributed by atoms with E-state index in [-0.39, 0.29) is 24.7 Å². The molecule has 2 aliphatic rings. The molecule has 1 fully saturated rings. The van der Waals surface area contributed by atoms with Crippen molar-refractivity contribution in [3.63, 3.8) is 0 Å². The molecule has 1 N–H and O–H groups in total. The Morgan fingerprint density at radius 3 is 2.38 bits per heavy atom. The normalized spacial score (nSPS) is 18.7. The molecule has 1 aliphatic heterocycles. The van der Waals surface area contributed by atoms with Crippen molar-refractivity contribution in [1.82, 2.24) is 4.90 Å². The first-order valence-electron chi connectivity index (χ1n) is 9.52. The first-order chi connectivity index (χ1) is 12.8. The van der Waals surface area contributed by atoms with Crippen molar-refractivity contribution in [2.45, 2.75) is 37.6 Å². The van der Waals surface area contributed by atoms with Crippen LogP contribution in [0.15, 0.2) is 48.5 Å². The average Bonchev–Trinajstić information content (AvgIpc) is 3.27. The van der Waals surface area contributed by atoms with E-state index in [4.69, 9.17) is 9.84 Å². The molecule has 0 aromatic heterocycles. The van der Waals surface area contributed by atoms with Crippen molar-refractivity contribution in [2.75, 3.05) is 19.8 Å². The molecule has 1 amide bonds. The molecule has 136 valence electrons. The highest BCUT2D eigenvalue weighted by Gasteiger charge is 2.32. The predicted molar refractivity (Wildman–Crippen MR) is 101 cm³/mol. The average molecular weight is 351 g/mol. The summed E-state index contributed by atoms with van der Waals surface area (Å²) in [5.74, 6) is 0.102. The third kappa shape index (κ3) is 3.10. The SMILES string of the molecule is O=C(OCC1c2ccccc2-c2ccccc21)N1CCC[C@H]1CCCO. The fraction of sp³-hybridized carbons (Fsp3) is 0.409. The monoisotopic (exact) mass is 351 g/mol. The Kier molecular flexibility index (Phi) is 4.93. The molecule has 2 aromatic rings. The minimum absolute atomic E-state index is 0.102. The van der Waals surface area contributed by atoms with Crippen LogP contribution < -0.4 is 0 Å². The zero-order valence-corrected chi connectivity index (χ0v) is 14.9. The van der Waals surface area contributed by atoms with Gasteiger partial charge < -0.3 is 14.7 Å². The van der Waals surface area contributed by atoms with E-state index < -0.39 is 0 Å². The molecule has 4 nitrogen and oxygen atoms in total. The third-order valence-corrected chi connectivity index (χ3v) is 5.64. The maximum atomic E-state index is 12.6. The second-order valence-electron chi connectivity index (χ2n) is 7.16. The minimum Gasteiger partial charge on any atom is -0.448 e. The molecule has 1 atom stereocenters. The smallest absolute Gasteiger partial charge is 0.410 e. The lowest BCUT2D eigenvalue weighted by Crippen LogP contribution is -2.36. The number of aliphatic hydroxyl groups excluding tert-OH is 1. The molecule has 1 aliphatic carbocycles. The molecule has 4 heteroatoms. The van der Waals surface area contributed by atoms with Crippen LogP contribution in [0.3, 0.4) is 0 Å². The largest absolute Gasteiger partial charge is 0.448 e. The molecule has 0 saturated carbocycles. The van der Waals surface area contributed by atoms with Gasteiger partial charge in [0.15, 0.2) is 0 Å². The Bertz CT molecular complexity index is 743. The van der Waals surface area contributed by atoms with Gasteiger partial charge in [-0.1, -0.05) is 48.5 Å². The number of likely N-dealkylation sites (tertiary alicyclic amines) is 1. The van der Waals surface area contributed by atoms with Gasteiger partial charge in [-0.25, -0.2) is 4.79 Å². The van der Waals surface area contributed by atoms with Crippen molar-refractivity contribution in [3.8, 4) is 11.1 Å². The highest BCUT2D eigenvalue weighted by atomic mass is 16.6. The Morgan fingerprint density at radius 2 is 1.73 bits per heavy atom. The van der Waals surface area contributed by atoms with E-state index in [1.165, 1.54) is 22.3 Å². The molecule has 0 spiro atoms. The molecule has 0 unspecified atom stereocenters. The van der Waals surface area contributed by atoms with E-state index in [1.54, 1.807) is 0 Å². The summed E-state index contributed by atoms with van der Waals surface area (Å²) in [6, 6.07) is 17.0.